The lowest BCUT2D eigenvalue weighted by atomic mass is 10.2. The summed E-state index contributed by atoms with van der Waals surface area (Å²) in [6.45, 7) is 0. The van der Waals surface area contributed by atoms with Crippen molar-refractivity contribution in [3.63, 3.8) is 0 Å². The van der Waals surface area contributed by atoms with Gasteiger partial charge in [0.1, 0.15) is 5.75 Å². The lowest BCUT2D eigenvalue weighted by Crippen LogP contribution is -2.15. The van der Waals surface area contributed by atoms with Crippen molar-refractivity contribution in [3.8, 4) is 17.4 Å². The summed E-state index contributed by atoms with van der Waals surface area (Å²) in [5.41, 5.74) is 5.65. The number of para-hydroxylation sites is 2. The van der Waals surface area contributed by atoms with E-state index in [1.54, 1.807) is 24.3 Å². The van der Waals surface area contributed by atoms with E-state index >= 15 is 0 Å². The number of nitrogens with two attached hydrogens (primary N) is 1. The lowest BCUT2D eigenvalue weighted by molar-refractivity contribution is -0.115. The van der Waals surface area contributed by atoms with Gasteiger partial charge in [-0.3, -0.25) is 9.59 Å². The number of primary amides is 1. The highest BCUT2D eigenvalue weighted by Crippen LogP contribution is 2.23. The number of nitrogens with one attached hydrogen (secondary N) is 1. The number of amides is 2. The van der Waals surface area contributed by atoms with Gasteiger partial charge in [0.2, 0.25) is 5.91 Å². The molecule has 0 spiro atoms. The summed E-state index contributed by atoms with van der Waals surface area (Å²) >= 11 is 0. The summed E-state index contributed by atoms with van der Waals surface area (Å²) in [5.74, 6) is -0.121. The van der Waals surface area contributed by atoms with Gasteiger partial charge in [-0.25, -0.2) is 0 Å². The molecule has 9 nitrogen and oxygen atoms in total. The third kappa shape index (κ3) is 3.66. The number of benzene rings is 1. The number of ether oxygens (including phenoxy) is 1. The Bertz CT molecular complexity index is 915. The van der Waals surface area contributed by atoms with Gasteiger partial charge in [-0.2, -0.15) is 4.98 Å². The second-order valence-corrected chi connectivity index (χ2v) is 4.97. The molecule has 0 fully saturated rings. The maximum Gasteiger partial charge on any atom is 0.293 e. The number of rotatable bonds is 6. The Balaban J connectivity index is 1.68. The molecule has 2 aromatic heterocycles. The minimum Gasteiger partial charge on any atom is -0.495 e. The first-order chi connectivity index (χ1) is 12.1. The largest absolute Gasteiger partial charge is 0.495 e. The molecule has 3 N–H and O–H groups in total. The van der Waals surface area contributed by atoms with Crippen LogP contribution in [0, 0.1) is 0 Å². The Labute approximate surface area is 141 Å². The normalized spacial score (nSPS) is 10.4. The van der Waals surface area contributed by atoms with E-state index in [2.05, 4.69) is 15.5 Å². The fraction of sp³-hybridized carbons (Fsp3) is 0.125. The topological polar surface area (TPSA) is 133 Å². The smallest absolute Gasteiger partial charge is 0.293 e. The molecule has 9 heteroatoms. The maximum atomic E-state index is 12.1. The van der Waals surface area contributed by atoms with E-state index in [0.29, 0.717) is 11.4 Å². The molecule has 0 atom stereocenters. The van der Waals surface area contributed by atoms with Crippen LogP contribution >= 0.6 is 0 Å². The summed E-state index contributed by atoms with van der Waals surface area (Å²) in [6, 6.07) is 9.89. The fourth-order valence-corrected chi connectivity index (χ4v) is 2.10. The Morgan fingerprint density at radius 1 is 1.24 bits per heavy atom. The molecule has 0 saturated carbocycles. The van der Waals surface area contributed by atoms with Crippen LogP contribution in [0.4, 0.5) is 5.69 Å². The van der Waals surface area contributed by atoms with Crippen LogP contribution in [-0.4, -0.2) is 29.1 Å². The first kappa shape index (κ1) is 16.2. The Morgan fingerprint density at radius 3 is 2.76 bits per heavy atom. The van der Waals surface area contributed by atoms with Crippen molar-refractivity contribution in [2.24, 2.45) is 5.73 Å². The predicted octanol–water partition coefficient (Wildman–Crippen LogP) is 1.62. The number of carbonyl (C=O) groups excluding carboxylic acids is 2. The van der Waals surface area contributed by atoms with Crippen molar-refractivity contribution >= 4 is 17.5 Å². The minimum absolute atomic E-state index is 0.0244. The number of hydrogen-bond donors (Lipinski definition) is 2. The monoisotopic (exact) mass is 342 g/mol. The fourth-order valence-electron chi connectivity index (χ4n) is 2.10. The number of hydrogen-bond acceptors (Lipinski definition) is 7. The molecule has 0 radical (unpaired) electrons. The molecular formula is C16H14N4O5. The van der Waals surface area contributed by atoms with Gasteiger partial charge in [0.15, 0.2) is 17.3 Å². The van der Waals surface area contributed by atoms with E-state index in [1.165, 1.54) is 19.2 Å². The number of aromatic nitrogens is 2. The van der Waals surface area contributed by atoms with Crippen LogP contribution < -0.4 is 15.8 Å². The van der Waals surface area contributed by atoms with E-state index in [-0.39, 0.29) is 35.6 Å². The van der Waals surface area contributed by atoms with Crippen LogP contribution in [0.3, 0.4) is 0 Å². The predicted molar refractivity (Wildman–Crippen MR) is 85.8 cm³/mol. The zero-order valence-corrected chi connectivity index (χ0v) is 13.2. The van der Waals surface area contributed by atoms with Crippen LogP contribution in [0.25, 0.3) is 11.7 Å². The summed E-state index contributed by atoms with van der Waals surface area (Å²) in [5, 5.41) is 6.42. The van der Waals surface area contributed by atoms with Gasteiger partial charge in [0, 0.05) is 0 Å². The van der Waals surface area contributed by atoms with Crippen molar-refractivity contribution in [1.29, 1.82) is 0 Å². The third-order valence-corrected chi connectivity index (χ3v) is 3.23. The van der Waals surface area contributed by atoms with Crippen LogP contribution in [0.15, 0.2) is 45.3 Å². The van der Waals surface area contributed by atoms with Crippen molar-refractivity contribution < 1.29 is 23.3 Å². The average molecular weight is 342 g/mol. The molecule has 2 heterocycles. The highest BCUT2D eigenvalue weighted by molar-refractivity contribution is 5.93. The van der Waals surface area contributed by atoms with E-state index < -0.39 is 5.91 Å². The van der Waals surface area contributed by atoms with Crippen molar-refractivity contribution in [1.82, 2.24) is 10.1 Å². The SMILES string of the molecule is COc1ccccc1NC(=O)Cc1noc(-c2ccc(C(N)=O)o2)n1. The van der Waals surface area contributed by atoms with Crippen LogP contribution in [-0.2, 0) is 11.2 Å². The molecule has 128 valence electrons. The number of nitrogens with zero attached hydrogens (tertiary/aromatic N) is 2. The first-order valence-corrected chi connectivity index (χ1v) is 7.22. The molecule has 0 aliphatic heterocycles. The summed E-state index contributed by atoms with van der Waals surface area (Å²) in [7, 11) is 1.51. The average Bonchev–Trinajstić information content (AvgIpc) is 3.24. The van der Waals surface area contributed by atoms with Gasteiger partial charge >= 0.3 is 0 Å². The van der Waals surface area contributed by atoms with Gasteiger partial charge in [-0.05, 0) is 24.3 Å². The molecular weight excluding hydrogens is 328 g/mol. The van der Waals surface area contributed by atoms with E-state index in [0.717, 1.165) is 0 Å². The van der Waals surface area contributed by atoms with E-state index in [1.807, 2.05) is 0 Å². The molecule has 0 aliphatic rings. The van der Waals surface area contributed by atoms with E-state index in [4.69, 9.17) is 19.4 Å². The van der Waals surface area contributed by atoms with Gasteiger partial charge < -0.3 is 24.7 Å². The molecule has 3 aromatic rings. The number of furan rings is 1. The quantitative estimate of drug-likeness (QED) is 0.695. The van der Waals surface area contributed by atoms with Crippen molar-refractivity contribution in [3.05, 3.63) is 48.0 Å². The highest BCUT2D eigenvalue weighted by Gasteiger charge is 2.17. The van der Waals surface area contributed by atoms with Crippen molar-refractivity contribution in [2.45, 2.75) is 6.42 Å². The summed E-state index contributed by atoms with van der Waals surface area (Å²) < 4.78 is 15.4. The van der Waals surface area contributed by atoms with Gasteiger partial charge in [-0.1, -0.05) is 17.3 Å². The molecule has 25 heavy (non-hydrogen) atoms. The number of anilines is 1. The van der Waals surface area contributed by atoms with Crippen molar-refractivity contribution in [2.75, 3.05) is 12.4 Å². The highest BCUT2D eigenvalue weighted by atomic mass is 16.5. The van der Waals surface area contributed by atoms with Gasteiger partial charge in [-0.15, -0.1) is 0 Å². The maximum absolute atomic E-state index is 12.1. The molecule has 0 saturated heterocycles. The Hall–Kier alpha value is -3.62. The molecule has 0 aliphatic carbocycles. The second kappa shape index (κ2) is 6.87. The van der Waals surface area contributed by atoms with Crippen LogP contribution in [0.2, 0.25) is 0 Å². The number of carbonyl (C=O) groups is 2. The van der Waals surface area contributed by atoms with Crippen LogP contribution in [0.1, 0.15) is 16.4 Å². The van der Waals surface area contributed by atoms with Gasteiger partial charge in [0.25, 0.3) is 11.8 Å². The standard InChI is InChI=1S/C16H14N4O5/c1-23-10-5-3-2-4-9(10)18-14(21)8-13-19-16(25-20-13)12-7-6-11(24-12)15(17)22/h2-7H,8H2,1H3,(H2,17,22)(H,18,21). The zero-order chi connectivity index (χ0) is 17.8. The third-order valence-electron chi connectivity index (χ3n) is 3.23. The second-order valence-electron chi connectivity index (χ2n) is 4.97. The number of methoxy groups -OCH3 is 1. The minimum atomic E-state index is -0.706. The lowest BCUT2D eigenvalue weighted by Gasteiger charge is -2.08. The van der Waals surface area contributed by atoms with E-state index in [9.17, 15) is 9.59 Å². The molecule has 1 aromatic carbocycles. The molecule has 2 amide bonds. The summed E-state index contributed by atoms with van der Waals surface area (Å²) in [4.78, 5) is 27.2. The molecule has 3 rings (SSSR count). The van der Waals surface area contributed by atoms with Crippen LogP contribution in [0.5, 0.6) is 5.75 Å². The Morgan fingerprint density at radius 2 is 2.04 bits per heavy atom. The first-order valence-electron chi connectivity index (χ1n) is 7.22. The zero-order valence-electron chi connectivity index (χ0n) is 13.2. The molecule has 0 bridgehead atoms. The summed E-state index contributed by atoms with van der Waals surface area (Å²) in [6.07, 6.45) is -0.106. The molecule has 0 unspecified atom stereocenters. The Kier molecular flexibility index (Phi) is 4.46. The van der Waals surface area contributed by atoms with Gasteiger partial charge in [0.05, 0.1) is 19.2 Å².